The van der Waals surface area contributed by atoms with Crippen molar-refractivity contribution in [2.75, 3.05) is 12.4 Å². The monoisotopic (exact) mass is 326 g/mol. The van der Waals surface area contributed by atoms with Gasteiger partial charge in [0, 0.05) is 26.2 Å². The van der Waals surface area contributed by atoms with E-state index in [4.69, 9.17) is 0 Å². The van der Waals surface area contributed by atoms with Gasteiger partial charge in [-0.2, -0.15) is 5.10 Å². The quantitative estimate of drug-likeness (QED) is 0.857. The number of hydrogen-bond acceptors (Lipinski definition) is 2. The lowest BCUT2D eigenvalue weighted by atomic mass is 10.2. The van der Waals surface area contributed by atoms with Crippen LogP contribution < -0.4 is 5.32 Å². The summed E-state index contributed by atoms with van der Waals surface area (Å²) in [5.41, 5.74) is 0.154. The van der Waals surface area contributed by atoms with Crippen molar-refractivity contribution in [2.45, 2.75) is 26.4 Å². The number of amides is 2. The predicted octanol–water partition coefficient (Wildman–Crippen LogP) is 3.37. The van der Waals surface area contributed by atoms with E-state index < -0.39 is 23.5 Å². The number of rotatable bonds is 5. The molecule has 124 valence electrons. The average molecular weight is 326 g/mol. The minimum Gasteiger partial charge on any atom is -0.323 e. The zero-order valence-corrected chi connectivity index (χ0v) is 12.8. The summed E-state index contributed by atoms with van der Waals surface area (Å²) >= 11 is 0. The van der Waals surface area contributed by atoms with Crippen LogP contribution in [-0.2, 0) is 13.1 Å². The molecule has 1 N–H and O–H groups in total. The van der Waals surface area contributed by atoms with E-state index in [0.717, 1.165) is 18.6 Å². The Hall–Kier alpha value is -2.51. The summed E-state index contributed by atoms with van der Waals surface area (Å²) in [5.74, 6) is -3.56. The molecule has 0 radical (unpaired) electrons. The highest BCUT2D eigenvalue weighted by atomic mass is 19.2. The zero-order valence-electron chi connectivity index (χ0n) is 12.8. The van der Waals surface area contributed by atoms with Gasteiger partial charge in [0.1, 0.15) is 5.82 Å². The molecule has 0 spiro atoms. The molecule has 0 aliphatic carbocycles. The third-order valence-corrected chi connectivity index (χ3v) is 3.20. The Bertz CT molecular complexity index is 679. The number of aryl methyl sites for hydroxylation is 1. The normalized spacial score (nSPS) is 10.7. The molecule has 23 heavy (non-hydrogen) atoms. The molecule has 0 fully saturated rings. The molecule has 0 aliphatic rings. The second-order valence-corrected chi connectivity index (χ2v) is 5.10. The number of benzene rings is 1. The second-order valence-electron chi connectivity index (χ2n) is 5.10. The summed E-state index contributed by atoms with van der Waals surface area (Å²) in [6.07, 6.45) is 2.42. The van der Waals surface area contributed by atoms with Crippen LogP contribution in [0.3, 0.4) is 0 Å². The van der Waals surface area contributed by atoms with Crippen LogP contribution in [-0.4, -0.2) is 27.8 Å². The summed E-state index contributed by atoms with van der Waals surface area (Å²) in [6.45, 7) is 2.57. The largest absolute Gasteiger partial charge is 0.323 e. The van der Waals surface area contributed by atoms with E-state index in [9.17, 15) is 18.0 Å². The molecule has 8 heteroatoms. The maximum absolute atomic E-state index is 13.2. The van der Waals surface area contributed by atoms with Crippen LogP contribution in [0.5, 0.6) is 0 Å². The Morgan fingerprint density at radius 1 is 1.30 bits per heavy atom. The number of hydrogen-bond donors (Lipinski definition) is 1. The lowest BCUT2D eigenvalue weighted by Gasteiger charge is -2.18. The molecule has 2 rings (SSSR count). The summed E-state index contributed by atoms with van der Waals surface area (Å²) < 4.78 is 40.9. The Balaban J connectivity index is 2.04. The molecule has 0 atom stereocenters. The topological polar surface area (TPSA) is 50.2 Å². The number of anilines is 1. The van der Waals surface area contributed by atoms with Gasteiger partial charge in [-0.3, -0.25) is 5.32 Å². The highest BCUT2D eigenvalue weighted by Crippen LogP contribution is 2.15. The van der Waals surface area contributed by atoms with Crippen LogP contribution in [0.1, 0.15) is 18.9 Å². The van der Waals surface area contributed by atoms with Gasteiger partial charge >= 0.3 is 6.03 Å². The smallest absolute Gasteiger partial charge is 0.323 e. The number of carbonyl (C=O) groups is 1. The van der Waals surface area contributed by atoms with Crippen LogP contribution in [0.15, 0.2) is 24.4 Å². The molecule has 1 heterocycles. The highest BCUT2D eigenvalue weighted by molar-refractivity contribution is 5.88. The van der Waals surface area contributed by atoms with Crippen molar-refractivity contribution >= 4 is 11.8 Å². The van der Waals surface area contributed by atoms with E-state index in [1.54, 1.807) is 16.9 Å². The van der Waals surface area contributed by atoms with Crippen molar-refractivity contribution in [1.29, 1.82) is 0 Å². The molecular formula is C15H17F3N4O. The fourth-order valence-electron chi connectivity index (χ4n) is 2.08. The molecule has 0 aliphatic heterocycles. The van der Waals surface area contributed by atoms with Crippen molar-refractivity contribution in [2.24, 2.45) is 0 Å². The van der Waals surface area contributed by atoms with E-state index in [-0.39, 0.29) is 12.1 Å². The molecule has 0 saturated carbocycles. The van der Waals surface area contributed by atoms with Crippen LogP contribution in [0.25, 0.3) is 0 Å². The lowest BCUT2D eigenvalue weighted by Crippen LogP contribution is -2.31. The van der Waals surface area contributed by atoms with E-state index in [0.29, 0.717) is 12.4 Å². The maximum atomic E-state index is 13.2. The molecule has 1 aromatic heterocycles. The third kappa shape index (κ3) is 4.02. The molecule has 1 aromatic carbocycles. The standard InChI is InChI=1S/C15H17F3N4O/c1-3-6-22-13(4-5-19-22)20-15(23)21(2)9-10-7-11(16)14(18)12(17)8-10/h4-5,7-8H,3,6,9H2,1-2H3,(H,20,23). The van der Waals surface area contributed by atoms with Gasteiger partial charge in [0.25, 0.3) is 0 Å². The van der Waals surface area contributed by atoms with Crippen LogP contribution in [0.2, 0.25) is 0 Å². The highest BCUT2D eigenvalue weighted by Gasteiger charge is 2.15. The number of halogens is 3. The van der Waals surface area contributed by atoms with Gasteiger partial charge in [-0.25, -0.2) is 22.6 Å². The van der Waals surface area contributed by atoms with Gasteiger partial charge in [0.2, 0.25) is 0 Å². The van der Waals surface area contributed by atoms with Gasteiger partial charge in [0.15, 0.2) is 17.5 Å². The van der Waals surface area contributed by atoms with E-state index in [1.807, 2.05) is 6.92 Å². The van der Waals surface area contributed by atoms with Crippen molar-refractivity contribution in [3.05, 3.63) is 47.4 Å². The Morgan fingerprint density at radius 3 is 2.57 bits per heavy atom. The van der Waals surface area contributed by atoms with Crippen molar-refractivity contribution in [3.63, 3.8) is 0 Å². The van der Waals surface area contributed by atoms with Crippen molar-refractivity contribution < 1.29 is 18.0 Å². The first kappa shape index (κ1) is 16.9. The summed E-state index contributed by atoms with van der Waals surface area (Å²) in [7, 11) is 1.47. The number of carbonyl (C=O) groups excluding carboxylic acids is 1. The van der Waals surface area contributed by atoms with E-state index in [2.05, 4.69) is 10.4 Å². The van der Waals surface area contributed by atoms with Crippen LogP contribution >= 0.6 is 0 Å². The minimum atomic E-state index is -1.52. The first-order valence-corrected chi connectivity index (χ1v) is 7.09. The van der Waals surface area contributed by atoms with Crippen molar-refractivity contribution in [3.8, 4) is 0 Å². The fourth-order valence-corrected chi connectivity index (χ4v) is 2.08. The van der Waals surface area contributed by atoms with Gasteiger partial charge in [-0.1, -0.05) is 6.92 Å². The van der Waals surface area contributed by atoms with Crippen LogP contribution in [0, 0.1) is 17.5 Å². The van der Waals surface area contributed by atoms with Crippen LogP contribution in [0.4, 0.5) is 23.8 Å². The van der Waals surface area contributed by atoms with Gasteiger partial charge < -0.3 is 4.90 Å². The molecule has 2 aromatic rings. The molecule has 0 bridgehead atoms. The zero-order chi connectivity index (χ0) is 17.0. The van der Waals surface area contributed by atoms with Crippen molar-refractivity contribution in [1.82, 2.24) is 14.7 Å². The molecule has 2 amide bonds. The van der Waals surface area contributed by atoms with Gasteiger partial charge in [0.05, 0.1) is 6.20 Å². The Morgan fingerprint density at radius 2 is 1.96 bits per heavy atom. The average Bonchev–Trinajstić information content (AvgIpc) is 2.92. The Labute approximate surface area is 131 Å². The molecule has 0 saturated heterocycles. The van der Waals surface area contributed by atoms with Gasteiger partial charge in [-0.15, -0.1) is 0 Å². The summed E-state index contributed by atoms with van der Waals surface area (Å²) in [6, 6.07) is 2.92. The maximum Gasteiger partial charge on any atom is 0.323 e. The minimum absolute atomic E-state index is 0.0676. The first-order valence-electron chi connectivity index (χ1n) is 7.09. The number of nitrogens with zero attached hydrogens (tertiary/aromatic N) is 3. The lowest BCUT2D eigenvalue weighted by molar-refractivity contribution is 0.220. The predicted molar refractivity (Wildman–Crippen MR) is 79.3 cm³/mol. The number of nitrogens with one attached hydrogen (secondary N) is 1. The van der Waals surface area contributed by atoms with E-state index in [1.165, 1.54) is 11.9 Å². The molecule has 5 nitrogen and oxygen atoms in total. The molecular weight excluding hydrogens is 309 g/mol. The fraction of sp³-hybridized carbons (Fsp3) is 0.333. The SMILES string of the molecule is CCCn1nccc1NC(=O)N(C)Cc1cc(F)c(F)c(F)c1. The first-order chi connectivity index (χ1) is 10.9. The van der Waals surface area contributed by atoms with Gasteiger partial charge in [-0.05, 0) is 24.1 Å². The Kier molecular flexibility index (Phi) is 5.25. The second kappa shape index (κ2) is 7.17. The summed E-state index contributed by atoms with van der Waals surface area (Å²) in [4.78, 5) is 13.4. The number of urea groups is 1. The third-order valence-electron chi connectivity index (χ3n) is 3.20. The molecule has 0 unspecified atom stereocenters. The summed E-state index contributed by atoms with van der Waals surface area (Å²) in [5, 5.41) is 6.74. The number of aromatic nitrogens is 2. The van der Waals surface area contributed by atoms with E-state index >= 15 is 0 Å².